The first-order valence-corrected chi connectivity index (χ1v) is 10.5. The van der Waals surface area contributed by atoms with Gasteiger partial charge in [-0.1, -0.05) is 42.1 Å². The third kappa shape index (κ3) is 3.13. The molecule has 1 fully saturated rings. The molecule has 0 bridgehead atoms. The summed E-state index contributed by atoms with van der Waals surface area (Å²) in [5, 5.41) is 14.0. The number of amides is 1. The van der Waals surface area contributed by atoms with E-state index in [1.807, 2.05) is 62.6 Å². The maximum absolute atomic E-state index is 12.4. The van der Waals surface area contributed by atoms with E-state index in [0.29, 0.717) is 5.75 Å². The zero-order chi connectivity index (χ0) is 18.9. The summed E-state index contributed by atoms with van der Waals surface area (Å²) < 4.78 is 3.75. The Hall–Kier alpha value is -2.87. The molecule has 0 saturated carbocycles. The minimum absolute atomic E-state index is 0.179. The molecule has 1 amide bonds. The van der Waals surface area contributed by atoms with Gasteiger partial charge in [0.05, 0.1) is 11.4 Å². The number of piperidine rings is 1. The van der Waals surface area contributed by atoms with Crippen molar-refractivity contribution in [2.45, 2.75) is 24.4 Å². The Balaban J connectivity index is 1.41. The van der Waals surface area contributed by atoms with Crippen LogP contribution in [0.25, 0.3) is 22.4 Å². The molecule has 4 heterocycles. The summed E-state index contributed by atoms with van der Waals surface area (Å²) in [5.74, 6) is 0.568. The van der Waals surface area contributed by atoms with Crippen molar-refractivity contribution in [3.8, 4) is 11.3 Å². The molecule has 0 N–H and O–H groups in total. The summed E-state index contributed by atoms with van der Waals surface area (Å²) in [7, 11) is 0. The first kappa shape index (κ1) is 17.2. The van der Waals surface area contributed by atoms with E-state index in [9.17, 15) is 4.79 Å². The third-order valence-corrected chi connectivity index (χ3v) is 6.02. The Labute approximate surface area is 166 Å². The van der Waals surface area contributed by atoms with Crippen molar-refractivity contribution in [3.63, 3.8) is 0 Å². The van der Waals surface area contributed by atoms with Gasteiger partial charge < -0.3 is 4.90 Å². The minimum Gasteiger partial charge on any atom is -0.342 e. The van der Waals surface area contributed by atoms with Crippen LogP contribution in [0.4, 0.5) is 0 Å². The largest absolute Gasteiger partial charge is 0.342 e. The van der Waals surface area contributed by atoms with Crippen molar-refractivity contribution in [2.24, 2.45) is 0 Å². The van der Waals surface area contributed by atoms with Crippen molar-refractivity contribution in [3.05, 3.63) is 48.8 Å². The number of carbonyl (C=O) groups is 1. The quantitative estimate of drug-likeness (QED) is 0.499. The second-order valence-corrected chi connectivity index (χ2v) is 7.87. The molecule has 0 radical (unpaired) electrons. The van der Waals surface area contributed by atoms with Crippen molar-refractivity contribution in [2.75, 3.05) is 18.8 Å². The zero-order valence-corrected chi connectivity index (χ0v) is 16.2. The number of nitrogens with zero attached hydrogens (tertiary/aromatic N) is 6. The molecule has 0 spiro atoms. The number of hydrogen-bond acceptors (Lipinski definition) is 5. The van der Waals surface area contributed by atoms with Crippen LogP contribution in [-0.4, -0.2) is 53.9 Å². The molecule has 1 aliphatic heterocycles. The number of rotatable bonds is 4. The molecule has 3 aromatic heterocycles. The van der Waals surface area contributed by atoms with Gasteiger partial charge >= 0.3 is 0 Å². The number of carbonyl (C=O) groups excluding carboxylic acids is 1. The van der Waals surface area contributed by atoms with Gasteiger partial charge in [-0.05, 0) is 25.3 Å². The lowest BCUT2D eigenvalue weighted by Gasteiger charge is -2.26. The first-order chi connectivity index (χ1) is 13.8. The summed E-state index contributed by atoms with van der Waals surface area (Å²) in [5.41, 5.74) is 3.59. The summed E-state index contributed by atoms with van der Waals surface area (Å²) in [6.45, 7) is 1.75. The Morgan fingerprint density at radius 3 is 2.68 bits per heavy atom. The average Bonchev–Trinajstić information content (AvgIpc) is 3.37. The molecule has 4 aromatic rings. The van der Waals surface area contributed by atoms with Crippen LogP contribution in [0.5, 0.6) is 0 Å². The Morgan fingerprint density at radius 1 is 1.04 bits per heavy atom. The number of benzene rings is 1. The zero-order valence-electron chi connectivity index (χ0n) is 15.4. The van der Waals surface area contributed by atoms with E-state index in [2.05, 4.69) is 15.3 Å². The highest BCUT2D eigenvalue weighted by molar-refractivity contribution is 7.99. The average molecular weight is 392 g/mol. The van der Waals surface area contributed by atoms with E-state index in [-0.39, 0.29) is 5.91 Å². The SMILES string of the molecule is O=C(CSc1nnc2c3cc(-c4ccccc4)nn3ccn12)N1CCCCC1. The van der Waals surface area contributed by atoms with Crippen LogP contribution in [0, 0.1) is 0 Å². The van der Waals surface area contributed by atoms with Gasteiger partial charge in [0.2, 0.25) is 5.91 Å². The highest BCUT2D eigenvalue weighted by Gasteiger charge is 2.18. The molecule has 1 saturated heterocycles. The van der Waals surface area contributed by atoms with Crippen LogP contribution in [0.15, 0.2) is 53.9 Å². The maximum atomic E-state index is 12.4. The topological polar surface area (TPSA) is 67.8 Å². The van der Waals surface area contributed by atoms with Crippen LogP contribution in [-0.2, 0) is 4.79 Å². The lowest BCUT2D eigenvalue weighted by molar-refractivity contribution is -0.129. The van der Waals surface area contributed by atoms with Gasteiger partial charge in [-0.25, -0.2) is 4.52 Å². The van der Waals surface area contributed by atoms with Gasteiger partial charge in [0.1, 0.15) is 5.52 Å². The maximum Gasteiger partial charge on any atom is 0.233 e. The fraction of sp³-hybridized carbons (Fsp3) is 0.300. The predicted octanol–water partition coefficient (Wildman–Crippen LogP) is 3.15. The Kier molecular flexibility index (Phi) is 4.48. The summed E-state index contributed by atoms with van der Waals surface area (Å²) >= 11 is 1.44. The molecule has 28 heavy (non-hydrogen) atoms. The number of thioether (sulfide) groups is 1. The van der Waals surface area contributed by atoms with Gasteiger partial charge in [0.25, 0.3) is 0 Å². The van der Waals surface area contributed by atoms with Crippen LogP contribution >= 0.6 is 11.8 Å². The molecular weight excluding hydrogens is 372 g/mol. The molecule has 0 atom stereocenters. The highest BCUT2D eigenvalue weighted by atomic mass is 32.2. The van der Waals surface area contributed by atoms with Gasteiger partial charge in [-0.3, -0.25) is 9.20 Å². The molecule has 1 aromatic carbocycles. The van der Waals surface area contributed by atoms with Crippen molar-refractivity contribution in [1.82, 2.24) is 29.1 Å². The van der Waals surface area contributed by atoms with E-state index in [4.69, 9.17) is 0 Å². The fourth-order valence-corrected chi connectivity index (χ4v) is 4.42. The monoisotopic (exact) mass is 392 g/mol. The molecule has 1 aliphatic rings. The van der Waals surface area contributed by atoms with E-state index >= 15 is 0 Å². The molecule has 0 unspecified atom stereocenters. The number of hydrogen-bond donors (Lipinski definition) is 0. The van der Waals surface area contributed by atoms with Gasteiger partial charge in [-0.15, -0.1) is 10.2 Å². The van der Waals surface area contributed by atoms with Crippen LogP contribution in [0.1, 0.15) is 19.3 Å². The smallest absolute Gasteiger partial charge is 0.233 e. The number of likely N-dealkylation sites (tertiary alicyclic amines) is 1. The second kappa shape index (κ2) is 7.27. The van der Waals surface area contributed by atoms with Crippen LogP contribution < -0.4 is 0 Å². The molecule has 5 rings (SSSR count). The lowest BCUT2D eigenvalue weighted by Crippen LogP contribution is -2.36. The lowest BCUT2D eigenvalue weighted by atomic mass is 10.1. The summed E-state index contributed by atoms with van der Waals surface area (Å²) in [6.07, 6.45) is 7.23. The van der Waals surface area contributed by atoms with E-state index < -0.39 is 0 Å². The van der Waals surface area contributed by atoms with Crippen molar-refractivity contribution < 1.29 is 4.79 Å². The molecular formula is C20H20N6OS. The standard InChI is InChI=1S/C20H20N6OS/c27-18(24-9-5-2-6-10-24)14-28-20-22-21-19-17-13-16(15-7-3-1-4-8-15)23-26(17)12-11-25(19)20/h1,3-4,7-8,11-13H,2,5-6,9-10,14H2. The van der Waals surface area contributed by atoms with Crippen LogP contribution in [0.2, 0.25) is 0 Å². The fourth-order valence-electron chi connectivity index (χ4n) is 3.60. The van der Waals surface area contributed by atoms with E-state index in [1.165, 1.54) is 18.2 Å². The van der Waals surface area contributed by atoms with Crippen molar-refractivity contribution in [1.29, 1.82) is 0 Å². The third-order valence-electron chi connectivity index (χ3n) is 5.09. The van der Waals surface area contributed by atoms with E-state index in [0.717, 1.165) is 53.5 Å². The highest BCUT2D eigenvalue weighted by Crippen LogP contribution is 2.24. The normalized spacial score (nSPS) is 14.8. The summed E-state index contributed by atoms with van der Waals surface area (Å²) in [6, 6.07) is 12.1. The molecule has 7 nitrogen and oxygen atoms in total. The Bertz CT molecular complexity index is 1130. The number of fused-ring (bicyclic) bond motifs is 3. The van der Waals surface area contributed by atoms with Gasteiger partial charge in [-0.2, -0.15) is 5.10 Å². The summed E-state index contributed by atoms with van der Waals surface area (Å²) in [4.78, 5) is 14.4. The molecule has 8 heteroatoms. The van der Waals surface area contributed by atoms with E-state index in [1.54, 1.807) is 0 Å². The second-order valence-electron chi connectivity index (χ2n) is 6.93. The van der Waals surface area contributed by atoms with Crippen molar-refractivity contribution >= 4 is 28.8 Å². The Morgan fingerprint density at radius 2 is 1.86 bits per heavy atom. The number of aromatic nitrogens is 5. The minimum atomic E-state index is 0.179. The molecule has 142 valence electrons. The predicted molar refractivity (Wildman–Crippen MR) is 108 cm³/mol. The van der Waals surface area contributed by atoms with Gasteiger partial charge in [0.15, 0.2) is 10.8 Å². The molecule has 0 aliphatic carbocycles. The van der Waals surface area contributed by atoms with Gasteiger partial charge in [0, 0.05) is 31.0 Å². The van der Waals surface area contributed by atoms with Crippen LogP contribution in [0.3, 0.4) is 0 Å². The first-order valence-electron chi connectivity index (χ1n) is 9.49.